The number of ether oxygens (including phenoxy) is 2. The number of hydrogen-bond donors (Lipinski definition) is 1. The van der Waals surface area contributed by atoms with Crippen molar-refractivity contribution < 1.29 is 14.6 Å². The van der Waals surface area contributed by atoms with Gasteiger partial charge in [-0.15, -0.1) is 0 Å². The van der Waals surface area contributed by atoms with Crippen molar-refractivity contribution in [1.29, 1.82) is 0 Å². The monoisotopic (exact) mass is 279 g/mol. The first-order valence-electron chi connectivity index (χ1n) is 7.25. The van der Waals surface area contributed by atoms with E-state index in [4.69, 9.17) is 9.47 Å². The van der Waals surface area contributed by atoms with Crippen LogP contribution in [-0.2, 0) is 6.54 Å². The van der Waals surface area contributed by atoms with Crippen LogP contribution in [0.4, 0.5) is 0 Å². The highest BCUT2D eigenvalue weighted by molar-refractivity contribution is 5.40. The molecule has 2 unspecified atom stereocenters. The second-order valence-corrected chi connectivity index (χ2v) is 5.51. The number of benzene rings is 1. The Balaban J connectivity index is 2.11. The van der Waals surface area contributed by atoms with Crippen LogP contribution in [0.2, 0.25) is 0 Å². The predicted octanol–water partition coefficient (Wildman–Crippen LogP) is 2.44. The summed E-state index contributed by atoms with van der Waals surface area (Å²) in [6, 6.07) is 6.07. The number of aliphatic hydroxyl groups is 1. The minimum absolute atomic E-state index is 0.217. The van der Waals surface area contributed by atoms with Crippen molar-refractivity contribution in [2.24, 2.45) is 0 Å². The van der Waals surface area contributed by atoms with Crippen LogP contribution < -0.4 is 9.47 Å². The lowest BCUT2D eigenvalue weighted by atomic mass is 9.91. The van der Waals surface area contributed by atoms with Crippen molar-refractivity contribution in [3.8, 4) is 11.5 Å². The van der Waals surface area contributed by atoms with E-state index in [1.165, 1.54) is 6.42 Å². The van der Waals surface area contributed by atoms with Gasteiger partial charge in [0.05, 0.1) is 20.3 Å². The van der Waals surface area contributed by atoms with E-state index in [0.717, 1.165) is 42.9 Å². The van der Waals surface area contributed by atoms with E-state index in [2.05, 4.69) is 11.9 Å². The molecule has 112 valence electrons. The molecule has 20 heavy (non-hydrogen) atoms. The van der Waals surface area contributed by atoms with Gasteiger partial charge in [0.25, 0.3) is 0 Å². The van der Waals surface area contributed by atoms with Gasteiger partial charge in [0.1, 0.15) is 11.5 Å². The van der Waals surface area contributed by atoms with Crippen LogP contribution in [0.1, 0.15) is 31.2 Å². The van der Waals surface area contributed by atoms with Crippen molar-refractivity contribution >= 4 is 0 Å². The fraction of sp³-hybridized carbons (Fsp3) is 0.625. The van der Waals surface area contributed by atoms with Crippen molar-refractivity contribution in [2.45, 2.75) is 44.4 Å². The molecule has 1 fully saturated rings. The number of rotatable bonds is 5. The largest absolute Gasteiger partial charge is 0.497 e. The van der Waals surface area contributed by atoms with E-state index in [9.17, 15) is 5.11 Å². The minimum Gasteiger partial charge on any atom is -0.497 e. The minimum atomic E-state index is -0.217. The van der Waals surface area contributed by atoms with Gasteiger partial charge < -0.3 is 14.6 Å². The van der Waals surface area contributed by atoms with Crippen LogP contribution in [0.25, 0.3) is 0 Å². The molecule has 0 aliphatic heterocycles. The molecule has 1 aliphatic carbocycles. The number of methoxy groups -OCH3 is 2. The molecule has 1 aromatic carbocycles. The van der Waals surface area contributed by atoms with Crippen molar-refractivity contribution in [2.75, 3.05) is 21.3 Å². The quantitative estimate of drug-likeness (QED) is 0.899. The molecule has 0 saturated heterocycles. The zero-order valence-electron chi connectivity index (χ0n) is 12.6. The summed E-state index contributed by atoms with van der Waals surface area (Å²) in [4.78, 5) is 2.22. The number of hydrogen-bond acceptors (Lipinski definition) is 4. The summed E-state index contributed by atoms with van der Waals surface area (Å²) in [6.07, 6.45) is 4.08. The van der Waals surface area contributed by atoms with Crippen molar-refractivity contribution in [3.63, 3.8) is 0 Å². The molecular formula is C16H25NO3. The van der Waals surface area contributed by atoms with Gasteiger partial charge in [0.15, 0.2) is 0 Å². The lowest BCUT2D eigenvalue weighted by Crippen LogP contribution is -2.42. The van der Waals surface area contributed by atoms with E-state index in [1.54, 1.807) is 14.2 Å². The first kappa shape index (κ1) is 15.1. The van der Waals surface area contributed by atoms with Gasteiger partial charge in [0.2, 0.25) is 0 Å². The fourth-order valence-corrected chi connectivity index (χ4v) is 3.00. The first-order chi connectivity index (χ1) is 9.65. The van der Waals surface area contributed by atoms with Gasteiger partial charge in [-0.05, 0) is 38.1 Å². The summed E-state index contributed by atoms with van der Waals surface area (Å²) in [5.41, 5.74) is 1.09. The van der Waals surface area contributed by atoms with Crippen LogP contribution >= 0.6 is 0 Å². The smallest absolute Gasteiger partial charge is 0.123 e. The molecule has 0 spiro atoms. The van der Waals surface area contributed by atoms with Crippen LogP contribution in [0.3, 0.4) is 0 Å². The molecule has 1 aromatic rings. The molecule has 0 radical (unpaired) electrons. The Bertz CT molecular complexity index is 436. The summed E-state index contributed by atoms with van der Waals surface area (Å²) in [5.74, 6) is 1.70. The number of likely N-dealkylation sites (N-methyl/N-ethyl adjacent to an activating group) is 1. The van der Waals surface area contributed by atoms with E-state index < -0.39 is 0 Å². The second kappa shape index (κ2) is 6.95. The van der Waals surface area contributed by atoms with E-state index in [0.29, 0.717) is 0 Å². The van der Waals surface area contributed by atoms with Crippen LogP contribution in [0.5, 0.6) is 11.5 Å². The predicted molar refractivity (Wildman–Crippen MR) is 79.3 cm³/mol. The molecule has 2 atom stereocenters. The highest BCUT2D eigenvalue weighted by Crippen LogP contribution is 2.28. The van der Waals surface area contributed by atoms with E-state index in [1.807, 2.05) is 18.2 Å². The molecule has 1 aliphatic rings. The Morgan fingerprint density at radius 1 is 1.20 bits per heavy atom. The first-order valence-corrected chi connectivity index (χ1v) is 7.25. The van der Waals surface area contributed by atoms with Gasteiger partial charge in [-0.1, -0.05) is 12.8 Å². The van der Waals surface area contributed by atoms with E-state index in [-0.39, 0.29) is 12.1 Å². The lowest BCUT2D eigenvalue weighted by molar-refractivity contribution is 0.0285. The molecule has 0 bridgehead atoms. The second-order valence-electron chi connectivity index (χ2n) is 5.51. The van der Waals surface area contributed by atoms with Gasteiger partial charge in [-0.25, -0.2) is 0 Å². The molecular weight excluding hydrogens is 254 g/mol. The molecule has 1 N–H and O–H groups in total. The number of nitrogens with zero attached hydrogens (tertiary/aromatic N) is 1. The summed E-state index contributed by atoms with van der Waals surface area (Å²) in [7, 11) is 5.42. The molecule has 0 aromatic heterocycles. The highest BCUT2D eigenvalue weighted by atomic mass is 16.5. The summed E-state index contributed by atoms with van der Waals surface area (Å²) >= 11 is 0. The zero-order chi connectivity index (χ0) is 14.5. The maximum Gasteiger partial charge on any atom is 0.123 e. The Morgan fingerprint density at radius 2 is 1.95 bits per heavy atom. The average Bonchev–Trinajstić information content (AvgIpc) is 2.47. The van der Waals surface area contributed by atoms with E-state index >= 15 is 0 Å². The molecule has 2 rings (SSSR count). The molecule has 1 saturated carbocycles. The fourth-order valence-electron chi connectivity index (χ4n) is 3.00. The Morgan fingerprint density at radius 3 is 2.60 bits per heavy atom. The van der Waals surface area contributed by atoms with Crippen molar-refractivity contribution in [1.82, 2.24) is 4.90 Å². The molecule has 0 heterocycles. The molecule has 0 amide bonds. The van der Waals surface area contributed by atoms with Crippen LogP contribution in [0, 0.1) is 0 Å². The van der Waals surface area contributed by atoms with Gasteiger partial charge in [-0.3, -0.25) is 4.90 Å². The number of aliphatic hydroxyl groups excluding tert-OH is 1. The van der Waals surface area contributed by atoms with Crippen molar-refractivity contribution in [3.05, 3.63) is 23.8 Å². The Hall–Kier alpha value is -1.26. The Labute approximate surface area is 121 Å². The van der Waals surface area contributed by atoms with Gasteiger partial charge in [0, 0.05) is 18.2 Å². The SMILES string of the molecule is COc1ccc(OC)c(CN(C)C2CCCCC2O)c1. The summed E-state index contributed by atoms with van der Waals surface area (Å²) in [5, 5.41) is 10.1. The molecule has 4 nitrogen and oxygen atoms in total. The third-order valence-electron chi connectivity index (χ3n) is 4.17. The highest BCUT2D eigenvalue weighted by Gasteiger charge is 2.27. The van der Waals surface area contributed by atoms with Gasteiger partial charge >= 0.3 is 0 Å². The maximum atomic E-state index is 10.1. The standard InChI is InChI=1S/C16H25NO3/c1-17(14-6-4-5-7-15(14)18)11-12-10-13(19-2)8-9-16(12)20-3/h8-10,14-15,18H,4-7,11H2,1-3H3. The lowest BCUT2D eigenvalue weighted by Gasteiger charge is -2.35. The normalized spacial score (nSPS) is 22.9. The zero-order valence-corrected chi connectivity index (χ0v) is 12.6. The summed E-state index contributed by atoms with van der Waals surface area (Å²) < 4.78 is 10.7. The third-order valence-corrected chi connectivity index (χ3v) is 4.17. The average molecular weight is 279 g/mol. The topological polar surface area (TPSA) is 41.9 Å². The third kappa shape index (κ3) is 3.44. The van der Waals surface area contributed by atoms with Crippen LogP contribution in [-0.4, -0.2) is 43.4 Å². The molecule has 4 heteroatoms. The van der Waals surface area contributed by atoms with Crippen LogP contribution in [0.15, 0.2) is 18.2 Å². The Kier molecular flexibility index (Phi) is 5.26. The van der Waals surface area contributed by atoms with Gasteiger partial charge in [-0.2, -0.15) is 0 Å². The summed E-state index contributed by atoms with van der Waals surface area (Å²) in [6.45, 7) is 0.752. The maximum absolute atomic E-state index is 10.1.